The molecule has 0 aromatic rings. The molecule has 11 heavy (non-hydrogen) atoms. The van der Waals surface area contributed by atoms with Gasteiger partial charge in [-0.2, -0.15) is 8.42 Å². The third kappa shape index (κ3) is 3.69. The molecule has 5 heteroatoms. The highest BCUT2D eigenvalue weighted by atomic mass is 32.2. The molecule has 0 aromatic carbocycles. The molecule has 2 atom stereocenters. The van der Waals surface area contributed by atoms with Crippen LogP contribution in [0.3, 0.4) is 0 Å². The van der Waals surface area contributed by atoms with E-state index in [-0.39, 0.29) is 6.04 Å². The molecule has 0 radical (unpaired) electrons. The van der Waals surface area contributed by atoms with E-state index in [1.807, 2.05) is 0 Å². The van der Waals surface area contributed by atoms with Gasteiger partial charge in [-0.25, -0.2) is 0 Å². The summed E-state index contributed by atoms with van der Waals surface area (Å²) in [5.74, 6) is 0. The van der Waals surface area contributed by atoms with Crippen molar-refractivity contribution in [2.45, 2.75) is 31.6 Å². The molecular weight excluding hydrogens is 166 g/mol. The van der Waals surface area contributed by atoms with Gasteiger partial charge < -0.3 is 5.73 Å². The summed E-state index contributed by atoms with van der Waals surface area (Å²) >= 11 is 0. The summed E-state index contributed by atoms with van der Waals surface area (Å²) < 4.78 is 26.2. The monoisotopic (exact) mass is 181 g/mol. The second-order valence-electron chi connectivity index (χ2n) is 2.68. The molecule has 0 amide bonds. The van der Waals surface area contributed by atoms with Gasteiger partial charge >= 0.3 is 0 Å². The first-order valence-electron chi connectivity index (χ1n) is 3.45. The van der Waals surface area contributed by atoms with Gasteiger partial charge in [-0.1, -0.05) is 0 Å². The molecule has 0 aliphatic heterocycles. The van der Waals surface area contributed by atoms with Crippen LogP contribution in [-0.4, -0.2) is 26.8 Å². The fourth-order valence-corrected chi connectivity index (χ4v) is 1.67. The molecule has 0 aliphatic carbocycles. The fraction of sp³-hybridized carbons (Fsp3) is 1.00. The maximum atomic E-state index is 11.0. The minimum atomic E-state index is -3.37. The lowest BCUT2D eigenvalue weighted by Gasteiger charge is -2.12. The van der Waals surface area contributed by atoms with Crippen molar-refractivity contribution in [3.05, 3.63) is 0 Å². The van der Waals surface area contributed by atoms with Crippen molar-refractivity contribution in [2.75, 3.05) is 7.11 Å². The standard InChI is InChI=1S/C6H15NO3S/c1-5(7)4-6(2)11(8,9)10-3/h5-6H,4,7H2,1-3H3. The molecule has 4 nitrogen and oxygen atoms in total. The summed E-state index contributed by atoms with van der Waals surface area (Å²) in [6, 6.07) is -0.116. The van der Waals surface area contributed by atoms with Crippen LogP contribution in [0.5, 0.6) is 0 Å². The van der Waals surface area contributed by atoms with Crippen molar-refractivity contribution >= 4 is 10.1 Å². The van der Waals surface area contributed by atoms with Gasteiger partial charge in [0.1, 0.15) is 0 Å². The van der Waals surface area contributed by atoms with Crippen molar-refractivity contribution in [3.63, 3.8) is 0 Å². The fourth-order valence-electron chi connectivity index (χ4n) is 0.806. The number of rotatable bonds is 4. The zero-order chi connectivity index (χ0) is 9.07. The van der Waals surface area contributed by atoms with Gasteiger partial charge in [0, 0.05) is 6.04 Å². The van der Waals surface area contributed by atoms with Crippen LogP contribution < -0.4 is 5.73 Å². The molecule has 0 fully saturated rings. The molecule has 2 N–H and O–H groups in total. The third-order valence-corrected chi connectivity index (χ3v) is 3.07. The normalized spacial score (nSPS) is 17.8. The zero-order valence-corrected chi connectivity index (χ0v) is 7.89. The number of hydrogen-bond donors (Lipinski definition) is 1. The lowest BCUT2D eigenvalue weighted by atomic mass is 10.2. The second kappa shape index (κ2) is 4.04. The van der Waals surface area contributed by atoms with Crippen molar-refractivity contribution in [1.82, 2.24) is 0 Å². The van der Waals surface area contributed by atoms with E-state index in [4.69, 9.17) is 5.73 Å². The molecule has 0 saturated heterocycles. The van der Waals surface area contributed by atoms with Crippen LogP contribution in [0.15, 0.2) is 0 Å². The van der Waals surface area contributed by atoms with E-state index >= 15 is 0 Å². The molecule has 0 bridgehead atoms. The Morgan fingerprint density at radius 2 is 1.91 bits per heavy atom. The SMILES string of the molecule is COS(=O)(=O)C(C)CC(C)N. The van der Waals surface area contributed by atoms with Crippen LogP contribution in [0.4, 0.5) is 0 Å². The Balaban J connectivity index is 4.14. The highest BCUT2D eigenvalue weighted by molar-refractivity contribution is 7.87. The molecule has 0 spiro atoms. The average Bonchev–Trinajstić information content (AvgIpc) is 1.86. The van der Waals surface area contributed by atoms with Gasteiger partial charge in [-0.05, 0) is 20.3 Å². The largest absolute Gasteiger partial charge is 0.328 e. The van der Waals surface area contributed by atoms with Crippen LogP contribution in [0, 0.1) is 0 Å². The summed E-state index contributed by atoms with van der Waals surface area (Å²) in [4.78, 5) is 0. The average molecular weight is 181 g/mol. The summed E-state index contributed by atoms with van der Waals surface area (Å²) in [5, 5.41) is -0.521. The van der Waals surface area contributed by atoms with Crippen LogP contribution >= 0.6 is 0 Å². The smallest absolute Gasteiger partial charge is 0.269 e. The second-order valence-corrected chi connectivity index (χ2v) is 4.81. The minimum Gasteiger partial charge on any atom is -0.328 e. The first kappa shape index (κ1) is 10.9. The number of nitrogens with two attached hydrogens (primary N) is 1. The zero-order valence-electron chi connectivity index (χ0n) is 7.07. The van der Waals surface area contributed by atoms with E-state index in [1.54, 1.807) is 13.8 Å². The quantitative estimate of drug-likeness (QED) is 0.624. The van der Waals surface area contributed by atoms with Gasteiger partial charge in [0.25, 0.3) is 10.1 Å². The molecule has 0 rings (SSSR count). The van der Waals surface area contributed by atoms with Gasteiger partial charge in [0.2, 0.25) is 0 Å². The van der Waals surface area contributed by atoms with Gasteiger partial charge in [-0.15, -0.1) is 0 Å². The van der Waals surface area contributed by atoms with Crippen molar-refractivity contribution in [1.29, 1.82) is 0 Å². The van der Waals surface area contributed by atoms with E-state index in [9.17, 15) is 8.42 Å². The predicted octanol–water partition coefficient (Wildman–Crippen LogP) is 0.0884. The lowest BCUT2D eigenvalue weighted by Crippen LogP contribution is -2.27. The van der Waals surface area contributed by atoms with Crippen LogP contribution in [0.25, 0.3) is 0 Å². The van der Waals surface area contributed by atoms with E-state index in [2.05, 4.69) is 4.18 Å². The van der Waals surface area contributed by atoms with Crippen LogP contribution in [0.1, 0.15) is 20.3 Å². The van der Waals surface area contributed by atoms with E-state index < -0.39 is 15.4 Å². The highest BCUT2D eigenvalue weighted by Gasteiger charge is 2.20. The molecule has 0 heterocycles. The van der Waals surface area contributed by atoms with E-state index in [0.29, 0.717) is 6.42 Å². The minimum absolute atomic E-state index is 0.116. The Morgan fingerprint density at radius 1 is 1.45 bits per heavy atom. The van der Waals surface area contributed by atoms with Gasteiger partial charge in [-0.3, -0.25) is 4.18 Å². The maximum Gasteiger partial charge on any atom is 0.269 e. The first-order chi connectivity index (χ1) is 4.90. The molecular formula is C6H15NO3S. The Kier molecular flexibility index (Phi) is 3.99. The molecule has 2 unspecified atom stereocenters. The van der Waals surface area contributed by atoms with Gasteiger partial charge in [0.05, 0.1) is 12.4 Å². The topological polar surface area (TPSA) is 69.4 Å². The Morgan fingerprint density at radius 3 is 2.18 bits per heavy atom. The van der Waals surface area contributed by atoms with Crippen molar-refractivity contribution in [2.24, 2.45) is 5.73 Å². The van der Waals surface area contributed by atoms with Crippen LogP contribution in [0.2, 0.25) is 0 Å². The molecule has 0 aliphatic rings. The molecule has 0 saturated carbocycles. The Bertz CT molecular complexity index is 198. The molecule has 0 aromatic heterocycles. The maximum absolute atomic E-state index is 11.0. The predicted molar refractivity (Wildman–Crippen MR) is 43.7 cm³/mol. The first-order valence-corrected chi connectivity index (χ1v) is 4.92. The summed E-state index contributed by atoms with van der Waals surface area (Å²) in [5.41, 5.74) is 5.42. The van der Waals surface area contributed by atoms with Crippen molar-refractivity contribution < 1.29 is 12.6 Å². The Hall–Kier alpha value is -0.130. The summed E-state index contributed by atoms with van der Waals surface area (Å²) in [7, 11) is -2.21. The van der Waals surface area contributed by atoms with E-state index in [1.165, 1.54) is 0 Å². The summed E-state index contributed by atoms with van der Waals surface area (Å²) in [6.45, 7) is 3.35. The van der Waals surface area contributed by atoms with Crippen LogP contribution in [-0.2, 0) is 14.3 Å². The molecule has 68 valence electrons. The van der Waals surface area contributed by atoms with E-state index in [0.717, 1.165) is 7.11 Å². The number of hydrogen-bond acceptors (Lipinski definition) is 4. The summed E-state index contributed by atoms with van der Waals surface area (Å²) in [6.07, 6.45) is 0.427. The Labute approximate surface area is 67.9 Å². The van der Waals surface area contributed by atoms with Crippen molar-refractivity contribution in [3.8, 4) is 0 Å². The van der Waals surface area contributed by atoms with Gasteiger partial charge in [0.15, 0.2) is 0 Å². The third-order valence-electron chi connectivity index (χ3n) is 1.43. The lowest BCUT2D eigenvalue weighted by molar-refractivity contribution is 0.384. The highest BCUT2D eigenvalue weighted by Crippen LogP contribution is 2.07.